The van der Waals surface area contributed by atoms with Crippen molar-refractivity contribution in [3.05, 3.63) is 105 Å². The third-order valence-electron chi connectivity index (χ3n) is 5.51. The summed E-state index contributed by atoms with van der Waals surface area (Å²) in [6.07, 6.45) is 6.37. The van der Waals surface area contributed by atoms with Gasteiger partial charge >= 0.3 is 13.1 Å². The molecule has 0 saturated heterocycles. The second-order valence-electron chi connectivity index (χ2n) is 8.15. The standard InChI is InChI=1S/C13H7N3O.C8H8BrNO2.C7H7BN2O2/c14-6-8-1-2-9-11-7-15-4-3-10(11)13(17)16-12(9)5-8;1-2-12-8(11)6-3-4-10-5-7(6)9;9-4-5-1-2-6(8(11)12)7(10)3-5/h1-5,7H,(H,16,17);3-5H,2H2,1H3;1-3,11-12H,10H2. The van der Waals surface area contributed by atoms with E-state index >= 15 is 0 Å². The van der Waals surface area contributed by atoms with Gasteiger partial charge in [-0.25, -0.2) is 4.79 Å². The van der Waals surface area contributed by atoms with Gasteiger partial charge in [0, 0.05) is 46.7 Å². The summed E-state index contributed by atoms with van der Waals surface area (Å²) in [6, 6.07) is 16.8. The fraction of sp³-hybridized carbons (Fsp3) is 0.0714. The highest BCUT2D eigenvalue weighted by atomic mass is 79.9. The Morgan fingerprint density at radius 1 is 1.00 bits per heavy atom. The van der Waals surface area contributed by atoms with Crippen LogP contribution < -0.4 is 16.8 Å². The first-order chi connectivity index (χ1) is 19.7. The van der Waals surface area contributed by atoms with Crippen LogP contribution in [0.15, 0.2) is 82.6 Å². The highest BCUT2D eigenvalue weighted by Crippen LogP contribution is 2.20. The van der Waals surface area contributed by atoms with Crippen LogP contribution in [0.3, 0.4) is 0 Å². The zero-order chi connectivity index (χ0) is 29.9. The quantitative estimate of drug-likeness (QED) is 0.102. The number of esters is 1. The van der Waals surface area contributed by atoms with E-state index < -0.39 is 7.12 Å². The summed E-state index contributed by atoms with van der Waals surface area (Å²) in [5.41, 5.74) is 7.79. The largest absolute Gasteiger partial charge is 0.490 e. The molecule has 0 spiro atoms. The lowest BCUT2D eigenvalue weighted by Gasteiger charge is -2.02. The Balaban J connectivity index is 0.000000174. The first kappa shape index (κ1) is 30.5. The summed E-state index contributed by atoms with van der Waals surface area (Å²) in [5.74, 6) is -0.327. The Kier molecular flexibility index (Phi) is 10.7. The fourth-order valence-electron chi connectivity index (χ4n) is 3.58. The maximum atomic E-state index is 11.8. The van der Waals surface area contributed by atoms with E-state index in [1.807, 2.05) is 18.2 Å². The van der Waals surface area contributed by atoms with Crippen LogP contribution in [0.25, 0.3) is 21.7 Å². The van der Waals surface area contributed by atoms with Crippen molar-refractivity contribution >= 4 is 61.8 Å². The highest BCUT2D eigenvalue weighted by Gasteiger charge is 2.14. The van der Waals surface area contributed by atoms with Crippen molar-refractivity contribution in [2.45, 2.75) is 6.92 Å². The van der Waals surface area contributed by atoms with E-state index in [1.165, 1.54) is 18.2 Å². The van der Waals surface area contributed by atoms with Crippen LogP contribution in [-0.2, 0) is 4.74 Å². The van der Waals surface area contributed by atoms with Gasteiger partial charge < -0.3 is 25.5 Å². The number of benzene rings is 2. The van der Waals surface area contributed by atoms with Crippen LogP contribution >= 0.6 is 15.9 Å². The number of hydrogen-bond acceptors (Lipinski definition) is 10. The van der Waals surface area contributed by atoms with Gasteiger partial charge in [0.1, 0.15) is 0 Å². The van der Waals surface area contributed by atoms with Crippen LogP contribution in [0, 0.1) is 22.7 Å². The molecule has 0 aliphatic carbocycles. The lowest BCUT2D eigenvalue weighted by atomic mass is 9.79. The third-order valence-corrected chi connectivity index (χ3v) is 6.15. The van der Waals surface area contributed by atoms with E-state index in [0.29, 0.717) is 38.7 Å². The third kappa shape index (κ3) is 7.74. The van der Waals surface area contributed by atoms with E-state index in [0.717, 1.165) is 10.8 Å². The van der Waals surface area contributed by atoms with Crippen molar-refractivity contribution in [2.24, 2.45) is 0 Å². The van der Waals surface area contributed by atoms with Gasteiger partial charge in [-0.3, -0.25) is 14.8 Å². The molecule has 0 aliphatic heterocycles. The van der Waals surface area contributed by atoms with Crippen LogP contribution in [0.2, 0.25) is 0 Å². The number of aromatic amines is 1. The minimum Gasteiger partial charge on any atom is -0.462 e. The molecule has 0 atom stereocenters. The Morgan fingerprint density at radius 2 is 1.66 bits per heavy atom. The number of nitrogens with two attached hydrogens (primary N) is 1. The Bertz CT molecular complexity index is 1850. The Labute approximate surface area is 242 Å². The number of nitrogens with one attached hydrogen (secondary N) is 1. The van der Waals surface area contributed by atoms with Gasteiger partial charge in [0.15, 0.2) is 0 Å². The lowest BCUT2D eigenvalue weighted by molar-refractivity contribution is 0.0525. The summed E-state index contributed by atoms with van der Waals surface area (Å²) in [6.45, 7) is 2.15. The molecule has 2 aromatic carbocycles. The average molecular weight is 613 g/mol. The predicted molar refractivity (Wildman–Crippen MR) is 158 cm³/mol. The molecule has 13 heteroatoms. The number of nitriles is 2. The molecule has 5 aromatic rings. The summed E-state index contributed by atoms with van der Waals surface area (Å²) >= 11 is 3.20. The molecular weight excluding hydrogens is 591 g/mol. The van der Waals surface area contributed by atoms with E-state index in [-0.39, 0.29) is 22.7 Å². The zero-order valence-electron chi connectivity index (χ0n) is 21.6. The SMILES string of the molecule is CCOC(=O)c1ccncc1Br.N#Cc1ccc(B(O)O)c(N)c1.N#Cc1ccc2c(c1)[nH]c(=O)c1ccncc12. The summed E-state index contributed by atoms with van der Waals surface area (Å²) in [4.78, 5) is 33.6. The second kappa shape index (κ2) is 14.4. The number of H-pyrrole nitrogens is 1. The number of halogens is 1. The minimum atomic E-state index is -1.59. The molecular formula is C28H22BBrN6O5. The normalized spacial score (nSPS) is 9.80. The Hall–Kier alpha value is -5.08. The van der Waals surface area contributed by atoms with Gasteiger partial charge in [-0.15, -0.1) is 0 Å². The zero-order valence-corrected chi connectivity index (χ0v) is 23.2. The number of nitrogen functional groups attached to an aromatic ring is 1. The maximum Gasteiger partial charge on any atom is 0.490 e. The number of fused-ring (bicyclic) bond motifs is 3. The van der Waals surface area contributed by atoms with Crippen molar-refractivity contribution in [3.8, 4) is 12.1 Å². The first-order valence-electron chi connectivity index (χ1n) is 11.9. The average Bonchev–Trinajstić information content (AvgIpc) is 2.97. The van der Waals surface area contributed by atoms with E-state index in [4.69, 9.17) is 31.0 Å². The molecule has 0 amide bonds. The Morgan fingerprint density at radius 3 is 2.29 bits per heavy atom. The molecule has 11 nitrogen and oxygen atoms in total. The number of carbonyl (C=O) groups excluding carboxylic acids is 1. The molecule has 0 bridgehead atoms. The molecule has 204 valence electrons. The van der Waals surface area contributed by atoms with Crippen molar-refractivity contribution in [2.75, 3.05) is 12.3 Å². The topological polar surface area (TPSA) is 199 Å². The van der Waals surface area contributed by atoms with Crippen LogP contribution in [0.4, 0.5) is 5.69 Å². The smallest absolute Gasteiger partial charge is 0.462 e. The number of pyridine rings is 3. The minimum absolute atomic E-state index is 0.162. The van der Waals surface area contributed by atoms with Crippen molar-refractivity contribution < 1.29 is 19.6 Å². The molecule has 3 heterocycles. The number of hydrogen-bond donors (Lipinski definition) is 4. The molecule has 0 saturated carbocycles. The van der Waals surface area contributed by atoms with Crippen LogP contribution in [0.1, 0.15) is 28.4 Å². The number of ether oxygens (including phenoxy) is 1. The van der Waals surface area contributed by atoms with Gasteiger partial charge in [-0.1, -0.05) is 12.1 Å². The molecule has 0 aliphatic rings. The summed E-state index contributed by atoms with van der Waals surface area (Å²) in [7, 11) is -1.59. The van der Waals surface area contributed by atoms with Crippen LogP contribution in [-0.4, -0.2) is 44.7 Å². The van der Waals surface area contributed by atoms with Crippen molar-refractivity contribution in [1.29, 1.82) is 10.5 Å². The molecule has 0 unspecified atom stereocenters. The van der Waals surface area contributed by atoms with E-state index in [2.05, 4.69) is 30.9 Å². The highest BCUT2D eigenvalue weighted by molar-refractivity contribution is 9.10. The molecule has 0 radical (unpaired) electrons. The molecule has 5 N–H and O–H groups in total. The number of carbonyl (C=O) groups is 1. The van der Waals surface area contributed by atoms with Crippen molar-refractivity contribution in [3.63, 3.8) is 0 Å². The first-order valence-corrected chi connectivity index (χ1v) is 12.7. The fourth-order valence-corrected chi connectivity index (χ4v) is 3.99. The molecule has 5 rings (SSSR count). The molecule has 3 aromatic heterocycles. The molecule has 41 heavy (non-hydrogen) atoms. The number of aromatic nitrogens is 3. The molecule has 0 fully saturated rings. The summed E-state index contributed by atoms with van der Waals surface area (Å²) < 4.78 is 5.47. The van der Waals surface area contributed by atoms with Gasteiger partial charge in [0.25, 0.3) is 5.56 Å². The monoisotopic (exact) mass is 612 g/mol. The lowest BCUT2D eigenvalue weighted by Crippen LogP contribution is -2.32. The van der Waals surface area contributed by atoms with Gasteiger partial charge in [0.05, 0.1) is 50.8 Å². The number of nitrogens with zero attached hydrogens (tertiary/aromatic N) is 4. The maximum absolute atomic E-state index is 11.8. The van der Waals surface area contributed by atoms with Crippen molar-refractivity contribution in [1.82, 2.24) is 15.0 Å². The van der Waals surface area contributed by atoms with Gasteiger partial charge in [-0.2, -0.15) is 10.5 Å². The predicted octanol–water partition coefficient (Wildman–Crippen LogP) is 2.79. The van der Waals surface area contributed by atoms with Gasteiger partial charge in [0.2, 0.25) is 0 Å². The number of anilines is 1. The van der Waals surface area contributed by atoms with E-state index in [1.54, 1.807) is 56.0 Å². The second-order valence-corrected chi connectivity index (χ2v) is 9.01. The van der Waals surface area contributed by atoms with E-state index in [9.17, 15) is 9.59 Å². The number of rotatable bonds is 3. The summed E-state index contributed by atoms with van der Waals surface area (Å²) in [5, 5.41) is 37.1. The van der Waals surface area contributed by atoms with Crippen LogP contribution in [0.5, 0.6) is 0 Å². The van der Waals surface area contributed by atoms with Gasteiger partial charge in [-0.05, 0) is 59.3 Å².